The Morgan fingerprint density at radius 2 is 1.05 bits per heavy atom. The van der Waals surface area contributed by atoms with Gasteiger partial charge in [-0.15, -0.1) is 0 Å². The summed E-state index contributed by atoms with van der Waals surface area (Å²) in [6.07, 6.45) is 0. The van der Waals surface area contributed by atoms with Gasteiger partial charge in [0.15, 0.2) is 0 Å². The van der Waals surface area contributed by atoms with Crippen molar-refractivity contribution in [2.45, 2.75) is 0 Å². The summed E-state index contributed by atoms with van der Waals surface area (Å²) in [7, 11) is 0. The molecule has 0 aliphatic heterocycles. The minimum Gasteiger partial charge on any atom is -0.456 e. The van der Waals surface area contributed by atoms with Gasteiger partial charge in [0, 0.05) is 10.8 Å². The number of furan rings is 1. The molecule has 0 amide bonds. The maximum atomic E-state index is 9.42. The van der Waals surface area contributed by atoms with Crippen LogP contribution in [0.2, 0.25) is 0 Å². The molecule has 0 saturated heterocycles. The van der Waals surface area contributed by atoms with Crippen molar-refractivity contribution in [1.29, 1.82) is 0 Å². The highest BCUT2D eigenvalue weighted by atomic mass is 16.3. The van der Waals surface area contributed by atoms with Crippen molar-refractivity contribution in [2.75, 3.05) is 0 Å². The largest absolute Gasteiger partial charge is 0.456 e. The Hall–Kier alpha value is -5.66. The zero-order chi connectivity index (χ0) is 41.4. The van der Waals surface area contributed by atoms with Gasteiger partial charge in [0.1, 0.15) is 11.2 Å². The third-order valence-corrected chi connectivity index (χ3v) is 7.81. The van der Waals surface area contributed by atoms with Crippen molar-refractivity contribution < 1.29 is 25.0 Å². The molecule has 0 aliphatic rings. The van der Waals surface area contributed by atoms with Crippen LogP contribution in [0.5, 0.6) is 0 Å². The van der Waals surface area contributed by atoms with Crippen LogP contribution in [0.15, 0.2) is 162 Å². The lowest BCUT2D eigenvalue weighted by atomic mass is 9.84. The minimum atomic E-state index is -0.760. The normalized spacial score (nSPS) is 16.6. The number of rotatable bonds is 3. The highest BCUT2D eigenvalue weighted by molar-refractivity contribution is 6.27. The molecule has 1 heteroatoms. The van der Waals surface area contributed by atoms with E-state index in [1.165, 1.54) is 0 Å². The molecule has 9 aromatic rings. The van der Waals surface area contributed by atoms with E-state index in [9.17, 15) is 6.85 Å². The Balaban J connectivity index is 1.58. The fourth-order valence-electron chi connectivity index (χ4n) is 5.99. The number of hydrogen-bond donors (Lipinski definition) is 0. The molecule has 8 aromatic carbocycles. The smallest absolute Gasteiger partial charge is 0.136 e. The second-order valence-corrected chi connectivity index (χ2v) is 10.1. The van der Waals surface area contributed by atoms with E-state index in [0.29, 0.717) is 27.5 Å². The van der Waals surface area contributed by atoms with Gasteiger partial charge in [-0.05, 0) is 83.9 Å². The first-order chi connectivity index (χ1) is 27.6. The third kappa shape index (κ3) is 3.65. The number of fused-ring (bicyclic) bond motifs is 6. The second-order valence-electron chi connectivity index (χ2n) is 10.1. The molecule has 0 N–H and O–H groups in total. The highest BCUT2D eigenvalue weighted by Gasteiger charge is 2.21. The summed E-state index contributed by atoms with van der Waals surface area (Å²) in [5, 5.41) is -0.768. The molecule has 200 valence electrons. The van der Waals surface area contributed by atoms with Gasteiger partial charge >= 0.3 is 0 Å². The van der Waals surface area contributed by atoms with Crippen molar-refractivity contribution in [3.63, 3.8) is 0 Å². The van der Waals surface area contributed by atoms with E-state index < -0.39 is 107 Å². The van der Waals surface area contributed by atoms with Crippen LogP contribution in [0, 0.1) is 0 Å². The molecule has 1 aromatic heterocycles. The third-order valence-electron chi connectivity index (χ3n) is 7.81. The fraction of sp³-hybridized carbons (Fsp3) is 0. The molecule has 0 fully saturated rings. The van der Waals surface area contributed by atoms with Crippen LogP contribution < -0.4 is 0 Å². The van der Waals surface area contributed by atoms with Crippen molar-refractivity contribution >= 4 is 54.3 Å². The standard InChI is InChI=1S/C42H26O/c1-2-12-27(13-3-1)29-24-25-36-39(26-29)43-38-23-11-22-37(42(36)38)41-34-19-8-6-17-32(34)40(33-18-7-9-20-35(33)41)31-21-10-15-28-14-4-5-16-30(28)31/h1-26H/i4D,5D,6D,7D,8D,9D,10D,14D,15D,16D,17D,18D,19D,20D,21D. The van der Waals surface area contributed by atoms with Crippen LogP contribution in [0.4, 0.5) is 0 Å². The Morgan fingerprint density at radius 3 is 1.77 bits per heavy atom. The molecule has 0 unspecified atom stereocenters. The van der Waals surface area contributed by atoms with Crippen molar-refractivity contribution in [2.24, 2.45) is 0 Å². The van der Waals surface area contributed by atoms with Crippen LogP contribution in [0.25, 0.3) is 87.6 Å². The first kappa shape index (κ1) is 13.5. The Labute approximate surface area is 270 Å². The zero-order valence-electron chi connectivity index (χ0n) is 37.3. The number of hydrogen-bond acceptors (Lipinski definition) is 1. The lowest BCUT2D eigenvalue weighted by Gasteiger charge is -2.19. The molecule has 1 heterocycles. The highest BCUT2D eigenvalue weighted by Crippen LogP contribution is 2.48. The molecular formula is C42H26O. The van der Waals surface area contributed by atoms with E-state index in [1.807, 2.05) is 48.5 Å². The van der Waals surface area contributed by atoms with Crippen molar-refractivity contribution in [3.8, 4) is 33.4 Å². The van der Waals surface area contributed by atoms with Crippen molar-refractivity contribution in [3.05, 3.63) is 157 Å². The average Bonchev–Trinajstić information content (AvgIpc) is 3.61. The Morgan fingerprint density at radius 1 is 0.419 bits per heavy atom. The number of benzene rings is 8. The van der Waals surface area contributed by atoms with Crippen LogP contribution in [0.1, 0.15) is 20.6 Å². The summed E-state index contributed by atoms with van der Waals surface area (Å²) in [5.41, 5.74) is 2.17. The lowest BCUT2D eigenvalue weighted by molar-refractivity contribution is 0.669. The SMILES string of the molecule is [2H]c1c([2H])c([2H])c2c(-c3c4c([2H])c([2H])c([2H])c([2H])c4c(-c4cccc5oc6cc(-c7ccccc7)ccc6c45)c4c([2H])c([2H])c([2H])c([2H])c34)c([2H])c([2H])c([2H])c2c1[2H]. The van der Waals surface area contributed by atoms with Gasteiger partial charge in [-0.2, -0.15) is 0 Å². The Bertz CT molecular complexity index is 3250. The first-order valence-electron chi connectivity index (χ1n) is 21.1. The van der Waals surface area contributed by atoms with Gasteiger partial charge in [0.25, 0.3) is 0 Å². The van der Waals surface area contributed by atoms with Gasteiger partial charge in [-0.3, -0.25) is 0 Å². The molecule has 0 bridgehead atoms. The summed E-state index contributed by atoms with van der Waals surface area (Å²) < 4.78 is 141. The molecule has 0 saturated carbocycles. The maximum Gasteiger partial charge on any atom is 0.136 e. The average molecular weight is 562 g/mol. The molecule has 9 rings (SSSR count). The molecule has 0 aliphatic carbocycles. The summed E-state index contributed by atoms with van der Waals surface area (Å²) in [4.78, 5) is 0. The fourth-order valence-corrected chi connectivity index (χ4v) is 5.99. The van der Waals surface area contributed by atoms with E-state index in [0.717, 1.165) is 11.1 Å². The summed E-state index contributed by atoms with van der Waals surface area (Å²) in [5.74, 6) is 0. The lowest BCUT2D eigenvalue weighted by Crippen LogP contribution is -1.92. The second kappa shape index (κ2) is 9.44. The summed E-state index contributed by atoms with van der Waals surface area (Å²) >= 11 is 0. The zero-order valence-corrected chi connectivity index (χ0v) is 22.3. The van der Waals surface area contributed by atoms with Crippen LogP contribution in [-0.2, 0) is 0 Å². The Kier molecular flexibility index (Phi) is 2.97. The quantitative estimate of drug-likeness (QED) is 0.196. The van der Waals surface area contributed by atoms with E-state index in [4.69, 9.17) is 18.1 Å². The van der Waals surface area contributed by atoms with Crippen LogP contribution in [-0.4, -0.2) is 0 Å². The van der Waals surface area contributed by atoms with Gasteiger partial charge in [0.2, 0.25) is 0 Å². The molecule has 0 spiro atoms. The minimum absolute atomic E-state index is 0.00846. The molecule has 0 radical (unpaired) electrons. The van der Waals surface area contributed by atoms with E-state index >= 15 is 0 Å². The van der Waals surface area contributed by atoms with Crippen molar-refractivity contribution in [1.82, 2.24) is 0 Å². The molecular weight excluding hydrogens is 520 g/mol. The summed E-state index contributed by atoms with van der Waals surface area (Å²) in [6.45, 7) is 0. The topological polar surface area (TPSA) is 13.1 Å². The van der Waals surface area contributed by atoms with E-state index in [2.05, 4.69) is 0 Å². The monoisotopic (exact) mass is 561 g/mol. The van der Waals surface area contributed by atoms with Gasteiger partial charge < -0.3 is 4.42 Å². The van der Waals surface area contributed by atoms with E-state index in [1.54, 1.807) is 18.2 Å². The van der Waals surface area contributed by atoms with Crippen LogP contribution in [0.3, 0.4) is 0 Å². The molecule has 0 atom stereocenters. The van der Waals surface area contributed by atoms with Gasteiger partial charge in [-0.1, -0.05) is 139 Å². The van der Waals surface area contributed by atoms with Gasteiger partial charge in [-0.25, -0.2) is 0 Å². The maximum absolute atomic E-state index is 9.42. The van der Waals surface area contributed by atoms with Crippen LogP contribution >= 0.6 is 0 Å². The molecule has 1 nitrogen and oxygen atoms in total. The van der Waals surface area contributed by atoms with Gasteiger partial charge in [0.05, 0.1) is 20.6 Å². The predicted octanol–water partition coefficient (Wildman–Crippen LogP) is 12.0. The first-order valence-corrected chi connectivity index (χ1v) is 13.6. The predicted molar refractivity (Wildman–Crippen MR) is 183 cm³/mol. The van der Waals surface area contributed by atoms with E-state index in [-0.39, 0.29) is 32.7 Å². The molecule has 43 heavy (non-hydrogen) atoms. The summed E-state index contributed by atoms with van der Waals surface area (Å²) in [6, 6.07) is 10.0.